The molecule has 2 amide bonds. The topological polar surface area (TPSA) is 46.6 Å². The van der Waals surface area contributed by atoms with Crippen LogP contribution in [0.25, 0.3) is 0 Å². The number of carbonyl (C=O) groups is 2. The van der Waals surface area contributed by atoms with E-state index < -0.39 is 11.7 Å². The maximum absolute atomic E-state index is 11.8. The highest BCUT2D eigenvalue weighted by molar-refractivity contribution is 6.04. The van der Waals surface area contributed by atoms with Crippen LogP contribution in [0.2, 0.25) is 0 Å². The zero-order valence-corrected chi connectivity index (χ0v) is 10.4. The molecule has 16 heavy (non-hydrogen) atoms. The fourth-order valence-electron chi connectivity index (χ4n) is 1.54. The standard InChI is InChI=1S/C12H19NO3/c1-5-6-9-7-8-13(10(9)14)11(15)16-12(2,3)4/h6H,5,7-8H2,1-4H3/b9-6+. The molecule has 0 aromatic carbocycles. The van der Waals surface area contributed by atoms with Crippen LogP contribution < -0.4 is 0 Å². The van der Waals surface area contributed by atoms with Crippen molar-refractivity contribution >= 4 is 12.0 Å². The van der Waals surface area contributed by atoms with Gasteiger partial charge in [-0.15, -0.1) is 0 Å². The van der Waals surface area contributed by atoms with E-state index in [2.05, 4.69) is 0 Å². The van der Waals surface area contributed by atoms with Crippen molar-refractivity contribution in [2.75, 3.05) is 6.54 Å². The van der Waals surface area contributed by atoms with Crippen molar-refractivity contribution in [2.24, 2.45) is 0 Å². The molecule has 0 saturated carbocycles. The second-order valence-electron chi connectivity index (χ2n) is 4.82. The average Bonchev–Trinajstić information content (AvgIpc) is 2.46. The first-order chi connectivity index (χ1) is 7.35. The van der Waals surface area contributed by atoms with Gasteiger partial charge in [-0.2, -0.15) is 0 Å². The van der Waals surface area contributed by atoms with Gasteiger partial charge in [-0.1, -0.05) is 13.0 Å². The molecule has 0 atom stereocenters. The number of hydrogen-bond donors (Lipinski definition) is 0. The molecule has 1 heterocycles. The quantitative estimate of drug-likeness (QED) is 0.644. The Morgan fingerprint density at radius 1 is 1.50 bits per heavy atom. The molecule has 0 aromatic heterocycles. The lowest BCUT2D eigenvalue weighted by Crippen LogP contribution is -2.37. The lowest BCUT2D eigenvalue weighted by molar-refractivity contribution is -0.124. The van der Waals surface area contributed by atoms with Crippen LogP contribution in [0.5, 0.6) is 0 Å². The fourth-order valence-corrected chi connectivity index (χ4v) is 1.54. The number of ether oxygens (including phenoxy) is 1. The Balaban J connectivity index is 2.67. The van der Waals surface area contributed by atoms with E-state index in [-0.39, 0.29) is 5.91 Å². The van der Waals surface area contributed by atoms with E-state index in [1.807, 2.05) is 13.0 Å². The lowest BCUT2D eigenvalue weighted by Gasteiger charge is -2.23. The Bertz CT molecular complexity index is 326. The van der Waals surface area contributed by atoms with E-state index in [9.17, 15) is 9.59 Å². The maximum atomic E-state index is 11.8. The van der Waals surface area contributed by atoms with Crippen LogP contribution >= 0.6 is 0 Å². The van der Waals surface area contributed by atoms with Crippen LogP contribution in [-0.4, -0.2) is 29.0 Å². The van der Waals surface area contributed by atoms with Gasteiger partial charge in [0.15, 0.2) is 0 Å². The van der Waals surface area contributed by atoms with E-state index in [0.717, 1.165) is 6.42 Å². The third-order valence-electron chi connectivity index (χ3n) is 2.19. The summed E-state index contributed by atoms with van der Waals surface area (Å²) in [7, 11) is 0. The molecular formula is C12H19NO3. The van der Waals surface area contributed by atoms with Gasteiger partial charge in [-0.05, 0) is 33.6 Å². The van der Waals surface area contributed by atoms with Gasteiger partial charge in [-0.25, -0.2) is 9.69 Å². The van der Waals surface area contributed by atoms with Crippen molar-refractivity contribution in [1.29, 1.82) is 0 Å². The highest BCUT2D eigenvalue weighted by Gasteiger charge is 2.33. The van der Waals surface area contributed by atoms with Crippen LogP contribution in [0.1, 0.15) is 40.5 Å². The van der Waals surface area contributed by atoms with Crippen molar-refractivity contribution in [2.45, 2.75) is 46.1 Å². The highest BCUT2D eigenvalue weighted by Crippen LogP contribution is 2.20. The normalized spacial score (nSPS) is 19.4. The minimum atomic E-state index is -0.561. The van der Waals surface area contributed by atoms with Crippen LogP contribution in [0.3, 0.4) is 0 Å². The summed E-state index contributed by atoms with van der Waals surface area (Å²) in [5.41, 5.74) is 0.155. The van der Waals surface area contributed by atoms with E-state index in [4.69, 9.17) is 4.74 Å². The largest absolute Gasteiger partial charge is 0.443 e. The van der Waals surface area contributed by atoms with Crippen molar-refractivity contribution in [3.8, 4) is 0 Å². The van der Waals surface area contributed by atoms with E-state index in [1.54, 1.807) is 20.8 Å². The van der Waals surface area contributed by atoms with Gasteiger partial charge in [-0.3, -0.25) is 4.79 Å². The van der Waals surface area contributed by atoms with Crippen LogP contribution in [0.4, 0.5) is 4.79 Å². The second-order valence-corrected chi connectivity index (χ2v) is 4.82. The summed E-state index contributed by atoms with van der Waals surface area (Å²) in [5, 5.41) is 0. The summed E-state index contributed by atoms with van der Waals surface area (Å²) >= 11 is 0. The number of carbonyl (C=O) groups excluding carboxylic acids is 2. The van der Waals surface area contributed by atoms with Gasteiger partial charge in [0.05, 0.1) is 0 Å². The third-order valence-corrected chi connectivity index (χ3v) is 2.19. The number of rotatable bonds is 1. The van der Waals surface area contributed by atoms with Crippen LogP contribution in [-0.2, 0) is 9.53 Å². The zero-order valence-electron chi connectivity index (χ0n) is 10.4. The average molecular weight is 225 g/mol. The Morgan fingerprint density at radius 2 is 2.12 bits per heavy atom. The summed E-state index contributed by atoms with van der Waals surface area (Å²) < 4.78 is 5.16. The fraction of sp³-hybridized carbons (Fsp3) is 0.667. The molecule has 1 fully saturated rings. The predicted molar refractivity (Wildman–Crippen MR) is 60.9 cm³/mol. The Labute approximate surface area is 96.3 Å². The molecule has 0 aromatic rings. The molecule has 4 heteroatoms. The molecule has 1 aliphatic rings. The molecule has 0 aliphatic carbocycles. The van der Waals surface area contributed by atoms with Crippen LogP contribution in [0, 0.1) is 0 Å². The van der Waals surface area contributed by atoms with Crippen molar-refractivity contribution in [3.63, 3.8) is 0 Å². The van der Waals surface area contributed by atoms with Crippen LogP contribution in [0.15, 0.2) is 11.6 Å². The molecule has 0 bridgehead atoms. The SMILES string of the molecule is CC/C=C1\CCN(C(=O)OC(C)(C)C)C1=O. The van der Waals surface area contributed by atoms with Crippen molar-refractivity contribution in [1.82, 2.24) is 4.90 Å². The molecule has 0 radical (unpaired) electrons. The van der Waals surface area contributed by atoms with Gasteiger partial charge in [0.25, 0.3) is 5.91 Å². The van der Waals surface area contributed by atoms with Crippen molar-refractivity contribution < 1.29 is 14.3 Å². The molecular weight excluding hydrogens is 206 g/mol. The molecule has 1 saturated heterocycles. The molecule has 90 valence electrons. The first kappa shape index (κ1) is 12.7. The third kappa shape index (κ3) is 3.08. The number of imide groups is 1. The molecule has 1 aliphatic heterocycles. The summed E-state index contributed by atoms with van der Waals surface area (Å²) in [5.74, 6) is -0.212. The number of hydrogen-bond acceptors (Lipinski definition) is 3. The van der Waals surface area contributed by atoms with Gasteiger partial charge >= 0.3 is 6.09 Å². The molecule has 0 spiro atoms. The Kier molecular flexibility index (Phi) is 3.73. The number of allylic oxidation sites excluding steroid dienone is 1. The number of nitrogens with zero attached hydrogens (tertiary/aromatic N) is 1. The molecule has 0 unspecified atom stereocenters. The van der Waals surface area contributed by atoms with E-state index in [0.29, 0.717) is 18.5 Å². The highest BCUT2D eigenvalue weighted by atomic mass is 16.6. The van der Waals surface area contributed by atoms with E-state index in [1.165, 1.54) is 4.90 Å². The number of likely N-dealkylation sites (tertiary alicyclic amines) is 1. The Morgan fingerprint density at radius 3 is 2.62 bits per heavy atom. The van der Waals surface area contributed by atoms with E-state index >= 15 is 0 Å². The summed E-state index contributed by atoms with van der Waals surface area (Å²) in [6, 6.07) is 0. The van der Waals surface area contributed by atoms with Gasteiger partial charge in [0.2, 0.25) is 0 Å². The zero-order chi connectivity index (χ0) is 12.3. The monoisotopic (exact) mass is 225 g/mol. The first-order valence-electron chi connectivity index (χ1n) is 5.59. The lowest BCUT2D eigenvalue weighted by atomic mass is 10.2. The van der Waals surface area contributed by atoms with Gasteiger partial charge in [0.1, 0.15) is 5.60 Å². The maximum Gasteiger partial charge on any atom is 0.417 e. The smallest absolute Gasteiger partial charge is 0.417 e. The molecule has 0 N–H and O–H groups in total. The minimum Gasteiger partial charge on any atom is -0.443 e. The summed E-state index contributed by atoms with van der Waals surface area (Å²) in [6.07, 6.45) is 2.76. The second kappa shape index (κ2) is 4.68. The van der Waals surface area contributed by atoms with Gasteiger partial charge in [0, 0.05) is 12.1 Å². The van der Waals surface area contributed by atoms with Crippen molar-refractivity contribution in [3.05, 3.63) is 11.6 Å². The summed E-state index contributed by atoms with van der Waals surface area (Å²) in [6.45, 7) is 7.76. The first-order valence-corrected chi connectivity index (χ1v) is 5.59. The summed E-state index contributed by atoms with van der Waals surface area (Å²) in [4.78, 5) is 24.6. The predicted octanol–water partition coefficient (Wildman–Crippen LogP) is 2.49. The molecule has 1 rings (SSSR count). The number of amides is 2. The Hall–Kier alpha value is -1.32. The molecule has 4 nitrogen and oxygen atoms in total. The minimum absolute atomic E-state index is 0.212. The van der Waals surface area contributed by atoms with Gasteiger partial charge < -0.3 is 4.74 Å².